The van der Waals surface area contributed by atoms with Crippen LogP contribution in [0.25, 0.3) is 22.3 Å². The van der Waals surface area contributed by atoms with Gasteiger partial charge in [0, 0.05) is 89.4 Å². The first kappa shape index (κ1) is 103. The van der Waals surface area contributed by atoms with Crippen LogP contribution in [-0.4, -0.2) is 190 Å². The van der Waals surface area contributed by atoms with Crippen molar-refractivity contribution in [1.82, 2.24) is 49.5 Å². The molecule has 138 heavy (non-hydrogen) atoms. The van der Waals surface area contributed by atoms with Crippen LogP contribution in [-0.2, 0) is 45.1 Å². The lowest BCUT2D eigenvalue weighted by atomic mass is 9.74. The zero-order valence-electron chi connectivity index (χ0n) is 82.6. The summed E-state index contributed by atoms with van der Waals surface area (Å²) in [5.74, 6) is 5.07. The third kappa shape index (κ3) is 24.9. The third-order valence-electron chi connectivity index (χ3n) is 31.2. The van der Waals surface area contributed by atoms with E-state index in [2.05, 4.69) is 77.5 Å². The van der Waals surface area contributed by atoms with E-state index in [0.717, 1.165) is 146 Å². The number of aromatic nitrogens is 3. The first-order chi connectivity index (χ1) is 66.5. The van der Waals surface area contributed by atoms with Crippen molar-refractivity contribution in [3.8, 4) is 22.3 Å². The van der Waals surface area contributed by atoms with Crippen molar-refractivity contribution < 1.29 is 32.4 Å². The summed E-state index contributed by atoms with van der Waals surface area (Å²) in [6.07, 6.45) is 53.4. The summed E-state index contributed by atoms with van der Waals surface area (Å²) in [5.41, 5.74) is 34.0. The van der Waals surface area contributed by atoms with Gasteiger partial charge in [-0.2, -0.15) is 0 Å². The molecule has 11 aliphatic rings. The first-order valence-electron chi connectivity index (χ1n) is 51.2. The van der Waals surface area contributed by atoms with Gasteiger partial charge in [-0.3, -0.25) is 53.5 Å². The largest absolute Gasteiger partial charge is 0.382 e. The molecule has 0 spiro atoms. The van der Waals surface area contributed by atoms with Crippen molar-refractivity contribution in [3.63, 3.8) is 0 Å². The van der Waals surface area contributed by atoms with E-state index in [9.17, 15) is 32.4 Å². The van der Waals surface area contributed by atoms with E-state index < -0.39 is 37.7 Å². The first-order valence-corrected chi connectivity index (χ1v) is 53.1. The fourth-order valence-electron chi connectivity index (χ4n) is 23.6. The summed E-state index contributed by atoms with van der Waals surface area (Å²) < 4.78 is 26.0. The average Bonchev–Trinajstić information content (AvgIpc) is 1.57. The Morgan fingerprint density at radius 2 is 0.710 bits per heavy atom. The highest BCUT2D eigenvalue weighted by Gasteiger charge is 2.54. The molecule has 13 N–H and O–H groups in total. The lowest BCUT2D eigenvalue weighted by molar-refractivity contribution is -0.132. The zero-order chi connectivity index (χ0) is 97.6. The molecule has 740 valence electrons. The van der Waals surface area contributed by atoms with Crippen LogP contribution >= 0.6 is 0 Å². The monoisotopic (exact) mass is 1900 g/mol. The zero-order valence-corrected chi connectivity index (χ0v) is 83.4. The Labute approximate surface area is 818 Å². The lowest BCUT2D eigenvalue weighted by Gasteiger charge is -2.36. The maximum atomic E-state index is 13.3. The van der Waals surface area contributed by atoms with E-state index in [4.69, 9.17) is 43.6 Å². The quantitative estimate of drug-likeness (QED) is 0.0202. The second kappa shape index (κ2) is 47.1. The van der Waals surface area contributed by atoms with E-state index in [0.29, 0.717) is 54.1 Å². The van der Waals surface area contributed by atoms with Crippen LogP contribution in [0.15, 0.2) is 208 Å². The van der Waals surface area contributed by atoms with Gasteiger partial charge in [-0.1, -0.05) is 270 Å². The number of carbonyl (C=O) groups excluding carboxylic acids is 5. The number of anilines is 1. The summed E-state index contributed by atoms with van der Waals surface area (Å²) in [7, 11) is 5.35. The summed E-state index contributed by atoms with van der Waals surface area (Å²) in [6.45, 7) is 3.36. The molecular weight excluding hydrogens is 1750 g/mol. The van der Waals surface area contributed by atoms with E-state index in [1.165, 1.54) is 187 Å². The molecule has 5 aromatic carbocycles. The molecule has 5 aliphatic heterocycles. The highest BCUT2D eigenvalue weighted by Crippen LogP contribution is 2.48. The number of guanidine groups is 5. The number of benzene rings is 5. The van der Waals surface area contributed by atoms with E-state index in [1.54, 1.807) is 69.8 Å². The molecule has 0 radical (unpaired) electrons. The van der Waals surface area contributed by atoms with Gasteiger partial charge in [-0.25, -0.2) is 48.1 Å². The van der Waals surface area contributed by atoms with Gasteiger partial charge < -0.3 is 39.3 Å². The molecule has 18 rings (SSSR count). The number of aliphatic imine (C=N–C) groups is 5. The summed E-state index contributed by atoms with van der Waals surface area (Å²) in [4.78, 5) is 109. The van der Waals surface area contributed by atoms with Gasteiger partial charge in [0.2, 0.25) is 10.0 Å². The maximum Gasteiger partial charge on any atom is 0.266 e. The Morgan fingerprint density at radius 1 is 0.362 bits per heavy atom. The number of nitrogens with two attached hydrogens (primary N) is 5. The fourth-order valence-corrected chi connectivity index (χ4v) is 24.4. The number of amides is 5. The van der Waals surface area contributed by atoms with Crippen molar-refractivity contribution in [2.75, 3.05) is 53.4 Å². The summed E-state index contributed by atoms with van der Waals surface area (Å²) in [5, 5.41) is 7.45. The number of nitrogens with zero attached hydrogens (tertiary/aromatic N) is 13. The number of para-hydroxylation sites is 1. The van der Waals surface area contributed by atoms with Crippen molar-refractivity contribution in [1.29, 1.82) is 0 Å². The number of rotatable bonds is 29. The van der Waals surface area contributed by atoms with Crippen LogP contribution in [0.1, 0.15) is 273 Å². The lowest BCUT2D eigenvalue weighted by Crippen LogP contribution is -2.45. The van der Waals surface area contributed by atoms with Crippen LogP contribution in [0.5, 0.6) is 0 Å². The minimum Gasteiger partial charge on any atom is -0.382 e. The molecule has 7 heterocycles. The maximum absolute atomic E-state index is 13.3. The van der Waals surface area contributed by atoms with Gasteiger partial charge in [0.25, 0.3) is 29.5 Å². The molecule has 28 nitrogen and oxygen atoms in total. The second-order valence-electron chi connectivity index (χ2n) is 41.1. The smallest absolute Gasteiger partial charge is 0.266 e. The van der Waals surface area contributed by atoms with Crippen molar-refractivity contribution in [2.45, 2.75) is 297 Å². The molecular formula is C109H151N21O7S. The van der Waals surface area contributed by atoms with Gasteiger partial charge in [-0.15, -0.1) is 0 Å². The van der Waals surface area contributed by atoms with E-state index >= 15 is 0 Å². The average molecular weight is 1900 g/mol. The topological polar surface area (TPSA) is 402 Å². The summed E-state index contributed by atoms with van der Waals surface area (Å²) >= 11 is 0. The Hall–Kier alpha value is -11.3. The molecule has 11 atom stereocenters. The van der Waals surface area contributed by atoms with Crippen LogP contribution in [0.4, 0.5) is 5.69 Å². The molecule has 29 heteroatoms. The number of sulfonamides is 1. The molecule has 6 saturated carbocycles. The number of nitrogens with one attached hydrogen (secondary N) is 3. The van der Waals surface area contributed by atoms with Gasteiger partial charge in [0.05, 0.1) is 6.26 Å². The van der Waals surface area contributed by atoms with Crippen molar-refractivity contribution in [2.24, 2.45) is 89.1 Å². The number of likely N-dealkylation sites (N-methyl/N-ethyl adjacent to an activating group) is 5. The molecule has 0 bridgehead atoms. The Balaban J connectivity index is 0.000000138. The second-order valence-corrected chi connectivity index (χ2v) is 42.9. The molecule has 6 aliphatic carbocycles. The molecule has 2 aromatic heterocycles. The SMILES string of the molecule is CCCCN[C@@H]1CCC[C@H](C[C@@]2(CCC3CCCCC3)N=C(N)N(C)C2=O)C1.CN1C(=O)C(c2ccccc2)(c2cccc(-c3cccnc3)c2)N=C1N.CN1C(=O)C(c2ccccc2)(c2cccc(-c3cncnc3)c2)N=C1N.CN1C(=O)[C@@](CCC2CCCCC2)(C[C@H]2CCC[C@@H](NS(C)(=O)=O)C2)N=C1N.CN1C(=O)[C@@](CCC2CCCCC2)(C[C@H]2CCC[C@@H](Nc3ccccc3)C2)N=C1N. The Morgan fingerprint density at radius 3 is 1.09 bits per heavy atom. The van der Waals surface area contributed by atoms with Gasteiger partial charge in [0.1, 0.15) is 22.9 Å². The number of hydrogen-bond donors (Lipinski definition) is 8. The third-order valence-corrected chi connectivity index (χ3v) is 32.0. The highest BCUT2D eigenvalue weighted by molar-refractivity contribution is 7.88. The minimum absolute atomic E-state index is 0.0130. The number of carbonyl (C=O) groups is 5. The van der Waals surface area contributed by atoms with Crippen molar-refractivity contribution in [3.05, 3.63) is 205 Å². The summed E-state index contributed by atoms with van der Waals surface area (Å²) in [6, 6.07) is 49.9. The standard InChI is InChI=1S/C25H38N4O.C23H42N4O.C21H18N4O.C20H17N5O.C20H36N4O3S/c1-29-23(30)25(28-24(29)26,16-15-19-9-4-2-5-10-19)18-20-11-8-14-22(17-20)27-21-12-6-3-7-13-21;1-3-4-15-25-20-12-8-11-19(16-20)17-23(21(28)27(2)22(24)26-23)14-13-18-9-6-5-7-10-18;1-25-19(26)21(24-20(25)22,17-9-3-2-4-10-17)18-11-5-7-15(13-18)16-8-6-12-23-14-16;1-25-18(26)20(24-19(25)21,16-7-3-2-4-8-16)17-9-5-6-14(10-17)15-11-22-13-23-12-15;1-24-18(25)20(22-19(24)21,12-11-15-7-4-3-5-8-15)14-16-9-6-10-17(13-16)23-28(2,26)27/h3,6-7,12-13,19-20,22,27H,2,4-5,8-11,14-18H2,1H3,(H2,26,28);18-20,25H,3-17H2,1-2H3,(H2,24,26);2-14H,1H3,(H2,22,24);2-13H,1H3,(H2,21,24);15-17,23H,3-14H2,1-2H3,(H2,21,22)/t20-,22+,25+;19-,20+,23+;;;16-,17+,20+/m00..0/s1. The predicted molar refractivity (Wildman–Crippen MR) is 551 cm³/mol. The molecule has 5 amide bonds. The van der Waals surface area contributed by atoms with Crippen LogP contribution in [0.3, 0.4) is 0 Å². The predicted octanol–water partition coefficient (Wildman–Crippen LogP) is 16.5. The van der Waals surface area contributed by atoms with E-state index in [-0.39, 0.29) is 53.4 Å². The molecule has 6 fully saturated rings. The highest BCUT2D eigenvalue weighted by atomic mass is 32.2. The fraction of sp³-hybridized carbons (Fsp3) is 0.550. The number of unbranched alkanes of at least 4 members (excludes halogenated alkanes) is 1. The van der Waals surface area contributed by atoms with E-state index in [1.807, 2.05) is 121 Å². The van der Waals surface area contributed by atoms with Gasteiger partial charge in [0.15, 0.2) is 40.9 Å². The van der Waals surface area contributed by atoms with Crippen molar-refractivity contribution >= 4 is 75.0 Å². The molecule has 7 aromatic rings. The molecule has 2 unspecified atom stereocenters. The normalized spacial score (nSPS) is 27.1. The Bertz CT molecular complexity index is 5340. The van der Waals surface area contributed by atoms with Gasteiger partial charge >= 0.3 is 0 Å². The number of pyridine rings is 1. The van der Waals surface area contributed by atoms with Crippen LogP contribution in [0.2, 0.25) is 0 Å². The van der Waals surface area contributed by atoms with Gasteiger partial charge in [-0.05, 0) is 214 Å². The number of hydrogen-bond acceptors (Lipinski definition) is 22. The Kier molecular flexibility index (Phi) is 35.0. The minimum atomic E-state index is -3.22. The van der Waals surface area contributed by atoms with Crippen LogP contribution < -0.4 is 44.0 Å². The van der Waals surface area contributed by atoms with Crippen LogP contribution in [0, 0.1) is 35.5 Å². The molecule has 0 saturated heterocycles.